The minimum atomic E-state index is -1.65. The number of anilines is 1. The highest BCUT2D eigenvalue weighted by Gasteiger charge is 2.53. The fraction of sp³-hybridized carbons (Fsp3) is 0.536. The summed E-state index contributed by atoms with van der Waals surface area (Å²) < 4.78 is 35.0. The molecule has 3 saturated heterocycles. The van der Waals surface area contributed by atoms with Gasteiger partial charge in [-0.05, 0) is 23.2 Å². The number of hydrogen-bond donors (Lipinski definition) is 5. The van der Waals surface area contributed by atoms with Gasteiger partial charge in [-0.15, -0.1) is 0 Å². The maximum Gasteiger partial charge on any atom is 0.221 e. The van der Waals surface area contributed by atoms with Crippen LogP contribution in [0, 0.1) is 0 Å². The second kappa shape index (κ2) is 14.5. The van der Waals surface area contributed by atoms with Crippen LogP contribution in [-0.4, -0.2) is 101 Å². The third-order valence-electron chi connectivity index (χ3n) is 7.42. The lowest BCUT2D eigenvalue weighted by molar-refractivity contribution is -0.384. The number of benzene rings is 2. The van der Waals surface area contributed by atoms with Crippen LogP contribution in [-0.2, 0) is 39.8 Å². The summed E-state index contributed by atoms with van der Waals surface area (Å²) in [4.78, 5) is 14.2. The Labute approximate surface area is 256 Å². The maximum atomic E-state index is 11.5. The lowest BCUT2D eigenvalue weighted by atomic mass is 9.96. The molecule has 0 radical (unpaired) electrons. The van der Waals surface area contributed by atoms with E-state index in [4.69, 9.17) is 45.6 Å². The summed E-state index contributed by atoms with van der Waals surface area (Å²) in [5.74, 6) is -0.318. The molecule has 44 heavy (non-hydrogen) atoms. The van der Waals surface area contributed by atoms with Gasteiger partial charge in [-0.2, -0.15) is 0 Å². The molecule has 3 aliphatic rings. The molecule has 5 rings (SSSR count). The number of aliphatic hydroxyl groups excluding tert-OH is 4. The molecular formula is C28H33ClN4O11. The Bertz CT molecular complexity index is 1330. The van der Waals surface area contributed by atoms with Gasteiger partial charge in [0.25, 0.3) is 0 Å². The van der Waals surface area contributed by atoms with Crippen molar-refractivity contribution < 1.29 is 53.6 Å². The molecule has 3 fully saturated rings. The minimum Gasteiger partial charge on any atom is -0.387 e. The van der Waals surface area contributed by atoms with Crippen LogP contribution in [0.4, 0.5) is 5.69 Å². The van der Waals surface area contributed by atoms with Crippen molar-refractivity contribution >= 4 is 23.2 Å². The molecule has 0 saturated carbocycles. The van der Waals surface area contributed by atoms with Gasteiger partial charge >= 0.3 is 0 Å². The van der Waals surface area contributed by atoms with E-state index in [0.717, 1.165) is 5.56 Å². The van der Waals surface area contributed by atoms with Crippen LogP contribution >= 0.6 is 11.6 Å². The van der Waals surface area contributed by atoms with Crippen LogP contribution in [0.15, 0.2) is 53.6 Å². The van der Waals surface area contributed by atoms with E-state index in [2.05, 4.69) is 15.3 Å². The number of nitrogens with zero attached hydrogens (tertiary/aromatic N) is 3. The van der Waals surface area contributed by atoms with Crippen LogP contribution in [0.3, 0.4) is 0 Å². The molecule has 238 valence electrons. The number of fused-ring (bicyclic) bond motifs is 1. The average Bonchev–Trinajstić information content (AvgIpc) is 3.02. The van der Waals surface area contributed by atoms with E-state index in [-0.39, 0.29) is 25.7 Å². The quantitative estimate of drug-likeness (QED) is 0.151. The molecule has 2 aromatic carbocycles. The van der Waals surface area contributed by atoms with Gasteiger partial charge in [-0.3, -0.25) is 4.79 Å². The van der Waals surface area contributed by atoms with E-state index < -0.39 is 67.7 Å². The normalized spacial score (nSPS) is 35.3. The van der Waals surface area contributed by atoms with Gasteiger partial charge < -0.3 is 54.2 Å². The zero-order chi connectivity index (χ0) is 31.4. The molecule has 5 N–H and O–H groups in total. The number of hydrogen-bond acceptors (Lipinski definition) is 12. The van der Waals surface area contributed by atoms with Crippen molar-refractivity contribution in [3.63, 3.8) is 0 Å². The highest BCUT2D eigenvalue weighted by atomic mass is 35.5. The minimum absolute atomic E-state index is 0.00658. The molecule has 0 bridgehead atoms. The number of carbonyl (C=O) groups excluding carboxylic acids is 1. The van der Waals surface area contributed by atoms with E-state index in [1.54, 1.807) is 30.3 Å². The van der Waals surface area contributed by atoms with Crippen LogP contribution in [0.5, 0.6) is 0 Å². The van der Waals surface area contributed by atoms with Crippen molar-refractivity contribution in [2.45, 2.75) is 81.2 Å². The first-order chi connectivity index (χ1) is 21.2. The highest BCUT2D eigenvalue weighted by molar-refractivity contribution is 6.33. The van der Waals surface area contributed by atoms with E-state index in [1.165, 1.54) is 6.92 Å². The van der Waals surface area contributed by atoms with Crippen LogP contribution < -0.4 is 5.32 Å². The smallest absolute Gasteiger partial charge is 0.221 e. The second-order valence-corrected chi connectivity index (χ2v) is 11.0. The van der Waals surface area contributed by atoms with E-state index in [1.807, 2.05) is 18.2 Å². The monoisotopic (exact) mass is 636 g/mol. The van der Waals surface area contributed by atoms with Crippen molar-refractivity contribution in [1.29, 1.82) is 0 Å². The van der Waals surface area contributed by atoms with Gasteiger partial charge in [0.2, 0.25) is 5.91 Å². The van der Waals surface area contributed by atoms with Crippen molar-refractivity contribution in [3.8, 4) is 0 Å². The van der Waals surface area contributed by atoms with Gasteiger partial charge in [-0.1, -0.05) is 53.1 Å². The summed E-state index contributed by atoms with van der Waals surface area (Å²) in [7, 11) is 0. The Kier molecular flexibility index (Phi) is 10.7. The molecule has 0 aliphatic carbocycles. The number of aliphatic hydroxyl groups is 4. The Morgan fingerprint density at radius 1 is 1.05 bits per heavy atom. The molecule has 11 unspecified atom stereocenters. The number of nitrogens with one attached hydrogen (secondary N) is 1. The number of ether oxygens (including phenoxy) is 6. The van der Waals surface area contributed by atoms with Crippen molar-refractivity contribution in [3.05, 3.63) is 75.1 Å². The molecule has 1 amide bonds. The molecule has 0 aromatic heterocycles. The lowest BCUT2D eigenvalue weighted by Gasteiger charge is -2.48. The summed E-state index contributed by atoms with van der Waals surface area (Å²) in [6, 6.07) is 13.9. The van der Waals surface area contributed by atoms with Crippen LogP contribution in [0.1, 0.15) is 24.3 Å². The first-order valence-electron chi connectivity index (χ1n) is 13.9. The number of azide groups is 1. The zero-order valence-corrected chi connectivity index (χ0v) is 24.2. The Morgan fingerprint density at radius 2 is 1.80 bits per heavy atom. The second-order valence-electron chi connectivity index (χ2n) is 10.5. The fourth-order valence-electron chi connectivity index (χ4n) is 5.23. The summed E-state index contributed by atoms with van der Waals surface area (Å²) in [5, 5.41) is 50.1. The van der Waals surface area contributed by atoms with Crippen LogP contribution in [0.2, 0.25) is 5.02 Å². The summed E-state index contributed by atoms with van der Waals surface area (Å²) >= 11 is 6.12. The third kappa shape index (κ3) is 7.32. The Balaban J connectivity index is 1.24. The zero-order valence-electron chi connectivity index (χ0n) is 23.5. The molecule has 15 nitrogen and oxygen atoms in total. The van der Waals surface area contributed by atoms with E-state index in [0.29, 0.717) is 16.3 Å². The van der Waals surface area contributed by atoms with Gasteiger partial charge in [-0.25, -0.2) is 0 Å². The van der Waals surface area contributed by atoms with E-state index in [9.17, 15) is 25.2 Å². The van der Waals surface area contributed by atoms with Crippen molar-refractivity contribution in [2.24, 2.45) is 5.11 Å². The molecule has 3 heterocycles. The first-order valence-corrected chi connectivity index (χ1v) is 14.2. The average molecular weight is 637 g/mol. The largest absolute Gasteiger partial charge is 0.387 e. The molecule has 16 heteroatoms. The fourth-order valence-corrected chi connectivity index (χ4v) is 5.39. The number of carbonyl (C=O) groups is 1. The van der Waals surface area contributed by atoms with Gasteiger partial charge in [0.05, 0.1) is 36.6 Å². The number of rotatable bonds is 9. The molecule has 2 aromatic rings. The molecule has 0 spiro atoms. The highest BCUT2D eigenvalue weighted by Crippen LogP contribution is 2.36. The Morgan fingerprint density at radius 3 is 2.52 bits per heavy atom. The van der Waals surface area contributed by atoms with Gasteiger partial charge in [0.1, 0.15) is 42.7 Å². The van der Waals surface area contributed by atoms with Gasteiger partial charge in [0, 0.05) is 17.4 Å². The summed E-state index contributed by atoms with van der Waals surface area (Å²) in [6.45, 7) is 0.902. The lowest BCUT2D eigenvalue weighted by Crippen LogP contribution is -2.65. The van der Waals surface area contributed by atoms with Crippen LogP contribution in [0.25, 0.3) is 10.4 Å². The van der Waals surface area contributed by atoms with Crippen molar-refractivity contribution in [2.75, 3.05) is 18.5 Å². The third-order valence-corrected chi connectivity index (χ3v) is 7.75. The SMILES string of the molecule is CC(=O)Nc1cc(COC2OC(CN=[N+]=[N-])C(OC3OC4COC(c5ccccc5)OC4C(O)C3O)C(O)C2O)ccc1Cl. The summed E-state index contributed by atoms with van der Waals surface area (Å²) in [5.41, 5.74) is 10.6. The standard InChI is InChI=1S/C28H33ClN4O11/c1-13(34)32-17-9-14(7-8-16(17)29)11-39-27-22(37)20(35)24(18(41-27)10-31-33-30)44-28-23(38)21(36)25-19(42-28)12-40-26(43-25)15-5-3-2-4-6-15/h2-9,18-28,35-38H,10-12H2,1H3,(H,32,34). The predicted molar refractivity (Wildman–Crippen MR) is 151 cm³/mol. The summed E-state index contributed by atoms with van der Waals surface area (Å²) in [6.07, 6.45) is -14.3. The molecule has 11 atom stereocenters. The predicted octanol–water partition coefficient (Wildman–Crippen LogP) is 1.52. The topological polar surface area (TPSA) is 214 Å². The number of amides is 1. The first kappa shape index (κ1) is 32.5. The van der Waals surface area contributed by atoms with Crippen molar-refractivity contribution in [1.82, 2.24) is 0 Å². The molecule has 3 aliphatic heterocycles. The molecular weight excluding hydrogens is 604 g/mol. The maximum absolute atomic E-state index is 11.5. The van der Waals surface area contributed by atoms with Gasteiger partial charge in [0.15, 0.2) is 18.9 Å². The Hall–Kier alpha value is -2.89. The van der Waals surface area contributed by atoms with E-state index >= 15 is 0 Å². The number of halogens is 1.